The normalized spacial score (nSPS) is 10.8. The average Bonchev–Trinajstić information content (AvgIpc) is 2.47. The highest BCUT2D eigenvalue weighted by molar-refractivity contribution is 5.76. The molecule has 2 aromatic rings. The van der Waals surface area contributed by atoms with Crippen molar-refractivity contribution in [3.8, 4) is 0 Å². The van der Waals surface area contributed by atoms with Gasteiger partial charge in [0, 0.05) is 17.7 Å². The van der Waals surface area contributed by atoms with Crippen molar-refractivity contribution < 1.29 is 14.5 Å². The molecule has 0 bridgehead atoms. The van der Waals surface area contributed by atoms with Gasteiger partial charge in [-0.3, -0.25) is 4.79 Å². The van der Waals surface area contributed by atoms with Crippen molar-refractivity contribution in [2.45, 2.75) is 6.54 Å². The number of carbonyl (C=O) groups excluding carboxylic acids is 1. The molecule has 19 heavy (non-hydrogen) atoms. The number of carbonyl (C=O) groups is 1. The summed E-state index contributed by atoms with van der Waals surface area (Å²) < 4.78 is 1.93. The second-order valence-electron chi connectivity index (χ2n) is 4.21. The summed E-state index contributed by atoms with van der Waals surface area (Å²) in [4.78, 5) is 10.5. The van der Waals surface area contributed by atoms with Crippen LogP contribution in [-0.2, 0) is 6.54 Å². The lowest BCUT2D eigenvalue weighted by Crippen LogP contribution is -2.34. The lowest BCUT2D eigenvalue weighted by atomic mass is 10.1. The Bertz CT molecular complexity index is 556. The molecule has 1 aromatic heterocycles. The maximum absolute atomic E-state index is 10.5. The Labute approximate surface area is 112 Å². The molecule has 0 saturated heterocycles. The van der Waals surface area contributed by atoms with Gasteiger partial charge < -0.3 is 5.11 Å². The van der Waals surface area contributed by atoms with Crippen LogP contribution >= 0.6 is 0 Å². The molecule has 0 fully saturated rings. The number of rotatable bonds is 5. The smallest absolute Gasteiger partial charge is 0.171 e. The van der Waals surface area contributed by atoms with E-state index in [1.54, 1.807) is 12.1 Å². The van der Waals surface area contributed by atoms with Gasteiger partial charge in [0.2, 0.25) is 0 Å². The van der Waals surface area contributed by atoms with Gasteiger partial charge in [-0.1, -0.05) is 36.4 Å². The first-order valence-corrected chi connectivity index (χ1v) is 6.15. The Morgan fingerprint density at radius 1 is 0.895 bits per heavy atom. The van der Waals surface area contributed by atoms with Gasteiger partial charge in [0.1, 0.15) is 12.9 Å². The molecule has 0 spiro atoms. The average molecular weight is 254 g/mol. The lowest BCUT2D eigenvalue weighted by molar-refractivity contribution is -0.698. The molecule has 0 radical (unpaired) electrons. The molecule has 2 rings (SSSR count). The van der Waals surface area contributed by atoms with E-state index in [4.69, 9.17) is 5.11 Å². The molecule has 0 atom stereocenters. The first kappa shape index (κ1) is 13.2. The molecule has 1 N–H and O–H groups in total. The minimum absolute atomic E-state index is 0.142. The Morgan fingerprint density at radius 3 is 1.95 bits per heavy atom. The number of pyridine rings is 1. The third-order valence-corrected chi connectivity index (χ3v) is 2.82. The van der Waals surface area contributed by atoms with E-state index >= 15 is 0 Å². The predicted octanol–water partition coefficient (Wildman–Crippen LogP) is 1.95. The number of aliphatic hydroxyl groups excluding tert-OH is 1. The van der Waals surface area contributed by atoms with Crippen molar-refractivity contribution in [2.24, 2.45) is 0 Å². The van der Waals surface area contributed by atoms with Gasteiger partial charge in [-0.05, 0) is 11.1 Å². The van der Waals surface area contributed by atoms with Gasteiger partial charge in [0.15, 0.2) is 18.9 Å². The van der Waals surface area contributed by atoms with Crippen molar-refractivity contribution in [3.05, 3.63) is 65.5 Å². The highest BCUT2D eigenvalue weighted by atomic mass is 16.3. The molecule has 0 amide bonds. The van der Waals surface area contributed by atoms with Gasteiger partial charge >= 0.3 is 0 Å². The topological polar surface area (TPSA) is 41.2 Å². The van der Waals surface area contributed by atoms with Crippen LogP contribution in [0.3, 0.4) is 0 Å². The molecule has 1 heterocycles. The largest absolute Gasteiger partial charge is 0.390 e. The van der Waals surface area contributed by atoms with E-state index in [2.05, 4.69) is 0 Å². The number of nitrogens with zero attached hydrogens (tertiary/aromatic N) is 1. The number of aldehydes is 1. The molecule has 0 aliphatic carbocycles. The van der Waals surface area contributed by atoms with Gasteiger partial charge in [-0.25, -0.2) is 4.57 Å². The van der Waals surface area contributed by atoms with Crippen molar-refractivity contribution in [3.63, 3.8) is 0 Å². The zero-order chi connectivity index (χ0) is 13.5. The molecule has 3 heteroatoms. The highest BCUT2D eigenvalue weighted by Crippen LogP contribution is 2.08. The number of aromatic nitrogens is 1. The summed E-state index contributed by atoms with van der Waals surface area (Å²) in [5.74, 6) is 0. The Morgan fingerprint density at radius 2 is 1.42 bits per heavy atom. The van der Waals surface area contributed by atoms with Crippen LogP contribution in [-0.4, -0.2) is 18.0 Å². The van der Waals surface area contributed by atoms with Gasteiger partial charge in [-0.15, -0.1) is 0 Å². The van der Waals surface area contributed by atoms with E-state index in [0.29, 0.717) is 12.1 Å². The van der Waals surface area contributed by atoms with Crippen molar-refractivity contribution >= 4 is 18.4 Å². The van der Waals surface area contributed by atoms with E-state index in [0.717, 1.165) is 17.4 Å². The zero-order valence-corrected chi connectivity index (χ0v) is 10.6. The minimum atomic E-state index is 0.142. The first-order chi connectivity index (χ1) is 9.31. The fraction of sp³-hybridized carbons (Fsp3) is 0.125. The van der Waals surface area contributed by atoms with Gasteiger partial charge in [0.05, 0.1) is 0 Å². The third-order valence-electron chi connectivity index (χ3n) is 2.82. The van der Waals surface area contributed by atoms with Gasteiger partial charge in [-0.2, -0.15) is 0 Å². The van der Waals surface area contributed by atoms with E-state index in [1.165, 1.54) is 0 Å². The molecular weight excluding hydrogens is 238 g/mol. The summed E-state index contributed by atoms with van der Waals surface area (Å²) in [5.41, 5.74) is 2.83. The second kappa shape index (κ2) is 6.61. The van der Waals surface area contributed by atoms with Crippen LogP contribution in [0, 0.1) is 0 Å². The van der Waals surface area contributed by atoms with Crippen LogP contribution < -0.4 is 4.57 Å². The fourth-order valence-corrected chi connectivity index (χ4v) is 1.72. The zero-order valence-electron chi connectivity index (χ0n) is 10.6. The minimum Gasteiger partial charge on any atom is -0.390 e. The number of aliphatic hydroxyl groups is 1. The van der Waals surface area contributed by atoms with E-state index in [1.807, 2.05) is 53.4 Å². The summed E-state index contributed by atoms with van der Waals surface area (Å²) in [6.07, 6.45) is 8.72. The standard InChI is InChI=1S/C16H16NO2/c18-12-11-17-9-7-15(8-10-17)2-1-14-3-5-16(13-19)6-4-14/h1-10,13,18H,11-12H2/q+1. The van der Waals surface area contributed by atoms with Crippen LogP contribution in [0.5, 0.6) is 0 Å². The van der Waals surface area contributed by atoms with E-state index in [9.17, 15) is 4.79 Å². The van der Waals surface area contributed by atoms with Gasteiger partial charge in [0.25, 0.3) is 0 Å². The Balaban J connectivity index is 2.06. The van der Waals surface area contributed by atoms with Crippen molar-refractivity contribution in [2.75, 3.05) is 6.61 Å². The summed E-state index contributed by atoms with van der Waals surface area (Å²) >= 11 is 0. The molecule has 3 nitrogen and oxygen atoms in total. The van der Waals surface area contributed by atoms with E-state index < -0.39 is 0 Å². The maximum Gasteiger partial charge on any atom is 0.171 e. The monoisotopic (exact) mass is 254 g/mol. The SMILES string of the molecule is O=Cc1ccc(C=Cc2cc[n+](CCO)cc2)cc1. The summed E-state index contributed by atoms with van der Waals surface area (Å²) in [5, 5.41) is 8.82. The van der Waals surface area contributed by atoms with Crippen LogP contribution in [0.25, 0.3) is 12.2 Å². The summed E-state index contributed by atoms with van der Waals surface area (Å²) in [6.45, 7) is 0.750. The van der Waals surface area contributed by atoms with Crippen LogP contribution in [0.4, 0.5) is 0 Å². The predicted molar refractivity (Wildman–Crippen MR) is 74.5 cm³/mol. The van der Waals surface area contributed by atoms with Crippen LogP contribution in [0.2, 0.25) is 0 Å². The summed E-state index contributed by atoms with van der Waals surface area (Å²) in [7, 11) is 0. The lowest BCUT2D eigenvalue weighted by Gasteiger charge is -1.96. The van der Waals surface area contributed by atoms with E-state index in [-0.39, 0.29) is 6.61 Å². The molecule has 0 aliphatic rings. The molecule has 0 unspecified atom stereocenters. The Hall–Kier alpha value is -2.26. The molecule has 1 aromatic carbocycles. The Kier molecular flexibility index (Phi) is 4.59. The fourth-order valence-electron chi connectivity index (χ4n) is 1.72. The number of hydrogen-bond donors (Lipinski definition) is 1. The maximum atomic E-state index is 10.5. The first-order valence-electron chi connectivity index (χ1n) is 6.15. The number of hydrogen-bond acceptors (Lipinski definition) is 2. The molecule has 0 saturated carbocycles. The van der Waals surface area contributed by atoms with Crippen molar-refractivity contribution in [1.82, 2.24) is 0 Å². The van der Waals surface area contributed by atoms with Crippen molar-refractivity contribution in [1.29, 1.82) is 0 Å². The molecular formula is C16H16NO2+. The second-order valence-corrected chi connectivity index (χ2v) is 4.21. The molecule has 0 aliphatic heterocycles. The number of benzene rings is 1. The third kappa shape index (κ3) is 3.86. The quantitative estimate of drug-likeness (QED) is 0.654. The summed E-state index contributed by atoms with van der Waals surface area (Å²) in [6, 6.07) is 11.4. The highest BCUT2D eigenvalue weighted by Gasteiger charge is 1.97. The van der Waals surface area contributed by atoms with Crippen LogP contribution in [0.15, 0.2) is 48.8 Å². The van der Waals surface area contributed by atoms with Crippen LogP contribution in [0.1, 0.15) is 21.5 Å². The molecule has 96 valence electrons.